The summed E-state index contributed by atoms with van der Waals surface area (Å²) in [5.41, 5.74) is 1.78. The van der Waals surface area contributed by atoms with Crippen LogP contribution in [0.1, 0.15) is 51.3 Å². The van der Waals surface area contributed by atoms with E-state index in [2.05, 4.69) is 36.2 Å². The van der Waals surface area contributed by atoms with Gasteiger partial charge in [0.2, 0.25) is 5.95 Å². The molecule has 8 nitrogen and oxygen atoms in total. The summed E-state index contributed by atoms with van der Waals surface area (Å²) in [6.07, 6.45) is 0.574. The highest BCUT2D eigenvalue weighted by molar-refractivity contribution is 6.32. The second-order valence-electron chi connectivity index (χ2n) is 11.3. The molecule has 2 saturated heterocycles. The fourth-order valence-electron chi connectivity index (χ4n) is 5.15. The Hall–Kier alpha value is -2.33. The number of ether oxygens (including phenoxy) is 1. The number of fused-ring (bicyclic) bond motifs is 1. The lowest BCUT2D eigenvalue weighted by Crippen LogP contribution is -2.58. The molecular weight excluding hydrogens is 483 g/mol. The number of nitrogens with one attached hydrogen (secondary N) is 1. The average Bonchev–Trinajstić information content (AvgIpc) is 3.36. The standard InChI is InChI=1S/C26H34ClFN6O2/c1-25(2,3)21-10-23(33(5)32-21)31-24-29-11-15-8-18(27)17(9-20(15)30-24)16-6-7-34(12-19(16)28)26(4)14-36-13-22(26)35/h8-11,16,19,22,35H,6-7,12-14H2,1-5H3,(H,29,30,31)/t16-,19+,22-,26+/m0/s1. The van der Waals surface area contributed by atoms with E-state index in [1.165, 1.54) is 0 Å². The zero-order valence-corrected chi connectivity index (χ0v) is 22.2. The fraction of sp³-hybridized carbons (Fsp3) is 0.577. The van der Waals surface area contributed by atoms with Crippen molar-refractivity contribution in [1.29, 1.82) is 0 Å². The monoisotopic (exact) mass is 516 g/mol. The van der Waals surface area contributed by atoms with Crippen molar-refractivity contribution in [1.82, 2.24) is 24.6 Å². The number of aryl methyl sites for hydroxylation is 1. The number of piperidine rings is 1. The Morgan fingerprint density at radius 1 is 1.28 bits per heavy atom. The van der Waals surface area contributed by atoms with E-state index < -0.39 is 17.8 Å². The van der Waals surface area contributed by atoms with Gasteiger partial charge in [-0.25, -0.2) is 14.4 Å². The molecular formula is C26H34ClFN6O2. The highest BCUT2D eigenvalue weighted by atomic mass is 35.5. The molecule has 4 heterocycles. The Labute approximate surface area is 215 Å². The van der Waals surface area contributed by atoms with Crippen molar-refractivity contribution < 1.29 is 14.2 Å². The van der Waals surface area contributed by atoms with Gasteiger partial charge in [-0.3, -0.25) is 9.58 Å². The number of alkyl halides is 1. The number of nitrogens with zero attached hydrogens (tertiary/aromatic N) is 5. The summed E-state index contributed by atoms with van der Waals surface area (Å²) in [6, 6.07) is 5.69. The van der Waals surface area contributed by atoms with Crippen LogP contribution < -0.4 is 5.32 Å². The van der Waals surface area contributed by atoms with E-state index in [0.29, 0.717) is 36.1 Å². The molecule has 0 unspecified atom stereocenters. The smallest absolute Gasteiger partial charge is 0.228 e. The summed E-state index contributed by atoms with van der Waals surface area (Å²) >= 11 is 6.63. The normalized spacial score (nSPS) is 27.6. The van der Waals surface area contributed by atoms with E-state index in [9.17, 15) is 5.11 Å². The van der Waals surface area contributed by atoms with Crippen LogP contribution in [-0.4, -0.2) is 73.9 Å². The largest absolute Gasteiger partial charge is 0.389 e. The van der Waals surface area contributed by atoms with Crippen LogP contribution in [0.15, 0.2) is 24.4 Å². The van der Waals surface area contributed by atoms with Gasteiger partial charge in [0.05, 0.1) is 36.1 Å². The van der Waals surface area contributed by atoms with Crippen molar-refractivity contribution in [3.8, 4) is 0 Å². The molecule has 0 radical (unpaired) electrons. The summed E-state index contributed by atoms with van der Waals surface area (Å²) in [7, 11) is 1.88. The van der Waals surface area contributed by atoms with Crippen LogP contribution in [-0.2, 0) is 17.2 Å². The van der Waals surface area contributed by atoms with Crippen LogP contribution in [0.4, 0.5) is 16.2 Å². The van der Waals surface area contributed by atoms with Crippen molar-refractivity contribution >= 4 is 34.3 Å². The lowest BCUT2D eigenvalue weighted by molar-refractivity contribution is -0.0237. The molecule has 0 amide bonds. The second kappa shape index (κ2) is 9.20. The van der Waals surface area contributed by atoms with Gasteiger partial charge >= 0.3 is 0 Å². The first-order valence-electron chi connectivity index (χ1n) is 12.4. The van der Waals surface area contributed by atoms with E-state index in [1.54, 1.807) is 10.9 Å². The topological polar surface area (TPSA) is 88.3 Å². The van der Waals surface area contributed by atoms with Crippen LogP contribution in [0, 0.1) is 0 Å². The van der Waals surface area contributed by atoms with E-state index in [1.807, 2.05) is 37.1 Å². The Bertz CT molecular complexity index is 1280. The maximum atomic E-state index is 15.5. The number of aromatic nitrogens is 4. The maximum absolute atomic E-state index is 15.5. The first-order valence-corrected chi connectivity index (χ1v) is 12.8. The molecule has 5 rings (SSSR count). The number of aliphatic hydroxyl groups is 1. The summed E-state index contributed by atoms with van der Waals surface area (Å²) < 4.78 is 22.8. The van der Waals surface area contributed by atoms with E-state index >= 15 is 4.39 Å². The molecule has 194 valence electrons. The quantitative estimate of drug-likeness (QED) is 0.533. The summed E-state index contributed by atoms with van der Waals surface area (Å²) in [5, 5.41) is 19.5. The minimum atomic E-state index is -1.12. The van der Waals surface area contributed by atoms with Crippen LogP contribution in [0.25, 0.3) is 10.9 Å². The molecule has 0 bridgehead atoms. The molecule has 2 aliphatic heterocycles. The Morgan fingerprint density at radius 3 is 2.69 bits per heavy atom. The van der Waals surface area contributed by atoms with Crippen molar-refractivity contribution in [2.75, 3.05) is 31.6 Å². The van der Waals surface area contributed by atoms with Gasteiger partial charge in [-0.1, -0.05) is 32.4 Å². The van der Waals surface area contributed by atoms with Gasteiger partial charge in [0.25, 0.3) is 0 Å². The minimum Gasteiger partial charge on any atom is -0.389 e. The lowest BCUT2D eigenvalue weighted by atomic mass is 9.84. The number of halogens is 2. The second-order valence-corrected chi connectivity index (χ2v) is 11.7. The molecule has 2 fully saturated rings. The molecule has 1 aromatic carbocycles. The van der Waals surface area contributed by atoms with Crippen LogP contribution in [0.2, 0.25) is 5.02 Å². The van der Waals surface area contributed by atoms with Gasteiger partial charge in [-0.05, 0) is 37.6 Å². The molecule has 2 aliphatic rings. The Kier molecular flexibility index (Phi) is 6.47. The third-order valence-corrected chi connectivity index (χ3v) is 7.96. The molecule has 0 saturated carbocycles. The highest BCUT2D eigenvalue weighted by Crippen LogP contribution is 2.39. The SMILES string of the molecule is Cn1nc(C(C)(C)C)cc1Nc1ncc2cc(Cl)c([C@@H]3CCN([C@]4(C)COC[C@@H]4O)C[C@H]3F)cc2n1. The minimum absolute atomic E-state index is 0.0770. The Morgan fingerprint density at radius 2 is 2.06 bits per heavy atom. The zero-order chi connectivity index (χ0) is 25.8. The number of likely N-dealkylation sites (tertiary alicyclic amines) is 1. The van der Waals surface area contributed by atoms with E-state index in [0.717, 1.165) is 22.5 Å². The van der Waals surface area contributed by atoms with Gasteiger partial charge in [-0.15, -0.1) is 0 Å². The average molecular weight is 517 g/mol. The van der Waals surface area contributed by atoms with E-state index in [4.69, 9.17) is 21.3 Å². The molecule has 3 aromatic rings. The predicted molar refractivity (Wildman–Crippen MR) is 139 cm³/mol. The van der Waals surface area contributed by atoms with Crippen LogP contribution in [0.5, 0.6) is 0 Å². The molecule has 36 heavy (non-hydrogen) atoms. The van der Waals surface area contributed by atoms with Gasteiger partial charge in [0.15, 0.2) is 0 Å². The number of benzene rings is 1. The zero-order valence-electron chi connectivity index (χ0n) is 21.4. The molecule has 4 atom stereocenters. The number of aliphatic hydroxyl groups excluding tert-OH is 1. The summed E-state index contributed by atoms with van der Waals surface area (Å²) in [5.74, 6) is 0.879. The molecule has 10 heteroatoms. The predicted octanol–water partition coefficient (Wildman–Crippen LogP) is 4.34. The van der Waals surface area contributed by atoms with E-state index in [-0.39, 0.29) is 24.5 Å². The number of hydrogen-bond acceptors (Lipinski definition) is 7. The molecule has 2 aromatic heterocycles. The first kappa shape index (κ1) is 25.3. The lowest BCUT2D eigenvalue weighted by Gasteiger charge is -2.45. The number of hydrogen-bond donors (Lipinski definition) is 2. The van der Waals surface area contributed by atoms with Gasteiger partial charge in [0, 0.05) is 47.6 Å². The summed E-state index contributed by atoms with van der Waals surface area (Å²) in [4.78, 5) is 11.2. The van der Waals surface area contributed by atoms with Gasteiger partial charge in [0.1, 0.15) is 12.0 Å². The third kappa shape index (κ3) is 4.58. The van der Waals surface area contributed by atoms with Crippen LogP contribution in [0.3, 0.4) is 0 Å². The van der Waals surface area contributed by atoms with Crippen molar-refractivity contribution in [2.24, 2.45) is 7.05 Å². The van der Waals surface area contributed by atoms with Crippen molar-refractivity contribution in [3.05, 3.63) is 40.7 Å². The Balaban J connectivity index is 1.39. The maximum Gasteiger partial charge on any atom is 0.228 e. The molecule has 0 spiro atoms. The number of rotatable bonds is 4. The van der Waals surface area contributed by atoms with Gasteiger partial charge in [-0.2, -0.15) is 5.10 Å². The fourth-order valence-corrected chi connectivity index (χ4v) is 5.46. The highest BCUT2D eigenvalue weighted by Gasteiger charge is 2.47. The molecule has 0 aliphatic carbocycles. The number of anilines is 2. The van der Waals surface area contributed by atoms with Crippen molar-refractivity contribution in [2.45, 2.75) is 63.3 Å². The first-order chi connectivity index (χ1) is 17.0. The third-order valence-electron chi connectivity index (χ3n) is 7.64. The van der Waals surface area contributed by atoms with Crippen LogP contribution >= 0.6 is 11.6 Å². The molecule has 2 N–H and O–H groups in total. The van der Waals surface area contributed by atoms with Gasteiger partial charge < -0.3 is 15.2 Å². The summed E-state index contributed by atoms with van der Waals surface area (Å²) in [6.45, 7) is 9.86. The van der Waals surface area contributed by atoms with Crippen molar-refractivity contribution in [3.63, 3.8) is 0 Å².